The molecule has 0 unspecified atom stereocenters. The molecule has 0 saturated carbocycles. The number of nitrogens with two attached hydrogens (primary N) is 1. The summed E-state index contributed by atoms with van der Waals surface area (Å²) in [5, 5.41) is 5.81. The van der Waals surface area contributed by atoms with Crippen molar-refractivity contribution in [3.63, 3.8) is 0 Å². The van der Waals surface area contributed by atoms with Crippen molar-refractivity contribution in [2.75, 3.05) is 26.2 Å². The third kappa shape index (κ3) is 10.7. The van der Waals surface area contributed by atoms with Gasteiger partial charge < -0.3 is 16.4 Å². The smallest absolute Gasteiger partial charge is 0.273 e. The summed E-state index contributed by atoms with van der Waals surface area (Å²) in [7, 11) is 0. The van der Waals surface area contributed by atoms with E-state index in [0.717, 1.165) is 26.2 Å². The van der Waals surface area contributed by atoms with Crippen LogP contribution in [-0.2, 0) is 0 Å². The molecule has 0 aliphatic carbocycles. The van der Waals surface area contributed by atoms with E-state index in [1.54, 1.807) is 0 Å². The number of nitrogens with one attached hydrogen (secondary N) is 2. The lowest BCUT2D eigenvalue weighted by Crippen LogP contribution is -2.39. The molecule has 0 spiro atoms. The lowest BCUT2D eigenvalue weighted by atomic mass is 10.4. The number of piperazine rings is 1. The van der Waals surface area contributed by atoms with Gasteiger partial charge in [-0.3, -0.25) is 4.79 Å². The highest BCUT2D eigenvalue weighted by atomic mass is 32.1. The second kappa shape index (κ2) is 6.85. The molecule has 0 aromatic rings. The SMILES string of the molecule is C1CNCCN1.NC(=O)S. The summed E-state index contributed by atoms with van der Waals surface area (Å²) in [5.41, 5.74) is 4.34. The third-order valence-electron chi connectivity index (χ3n) is 0.957. The Labute approximate surface area is 66.0 Å². The van der Waals surface area contributed by atoms with Crippen molar-refractivity contribution < 1.29 is 4.79 Å². The molecule has 4 N–H and O–H groups in total. The van der Waals surface area contributed by atoms with E-state index in [-0.39, 0.29) is 0 Å². The van der Waals surface area contributed by atoms with Crippen LogP contribution in [0, 0.1) is 0 Å². The first-order valence-electron chi connectivity index (χ1n) is 3.13. The van der Waals surface area contributed by atoms with E-state index in [2.05, 4.69) is 29.0 Å². The maximum atomic E-state index is 9.09. The average molecular weight is 163 g/mol. The Morgan fingerprint density at radius 3 is 1.50 bits per heavy atom. The van der Waals surface area contributed by atoms with Crippen LogP contribution < -0.4 is 16.4 Å². The van der Waals surface area contributed by atoms with Crippen LogP contribution in [0.5, 0.6) is 0 Å². The molecule has 1 amide bonds. The van der Waals surface area contributed by atoms with E-state index in [4.69, 9.17) is 4.79 Å². The first kappa shape index (κ1) is 9.74. The van der Waals surface area contributed by atoms with Crippen molar-refractivity contribution >= 4 is 17.9 Å². The first-order valence-corrected chi connectivity index (χ1v) is 3.58. The Morgan fingerprint density at radius 2 is 1.40 bits per heavy atom. The minimum absolute atomic E-state index is 0.639. The normalized spacial score (nSPS) is 16.9. The fraction of sp³-hybridized carbons (Fsp3) is 0.800. The Kier molecular flexibility index (Phi) is 6.68. The molecule has 1 rings (SSSR count). The predicted molar refractivity (Wildman–Crippen MR) is 44.3 cm³/mol. The molecule has 1 fully saturated rings. The number of amides is 1. The van der Waals surface area contributed by atoms with Crippen molar-refractivity contribution in [3.05, 3.63) is 0 Å². The summed E-state index contributed by atoms with van der Waals surface area (Å²) in [6.07, 6.45) is 0. The lowest BCUT2D eigenvalue weighted by molar-refractivity contribution is 0.267. The van der Waals surface area contributed by atoms with Crippen molar-refractivity contribution in [3.8, 4) is 0 Å². The highest BCUT2D eigenvalue weighted by Crippen LogP contribution is 1.65. The molecule has 5 heteroatoms. The molecule has 0 radical (unpaired) electrons. The fourth-order valence-electron chi connectivity index (χ4n) is 0.604. The van der Waals surface area contributed by atoms with Gasteiger partial charge in [0.25, 0.3) is 5.24 Å². The summed E-state index contributed by atoms with van der Waals surface area (Å²) in [5.74, 6) is 0. The van der Waals surface area contributed by atoms with Crippen LogP contribution in [0.15, 0.2) is 0 Å². The van der Waals surface area contributed by atoms with Crippen LogP contribution in [0.2, 0.25) is 0 Å². The molecule has 1 aliphatic rings. The van der Waals surface area contributed by atoms with Crippen molar-refractivity contribution in [2.45, 2.75) is 0 Å². The van der Waals surface area contributed by atoms with Gasteiger partial charge in [0.05, 0.1) is 0 Å². The monoisotopic (exact) mass is 163 g/mol. The van der Waals surface area contributed by atoms with Gasteiger partial charge in [0.1, 0.15) is 0 Å². The van der Waals surface area contributed by atoms with Gasteiger partial charge in [-0.1, -0.05) is 12.6 Å². The Hall–Kier alpha value is -0.260. The van der Waals surface area contributed by atoms with Crippen molar-refractivity contribution in [1.82, 2.24) is 10.6 Å². The topological polar surface area (TPSA) is 67.2 Å². The highest BCUT2D eigenvalue weighted by molar-refractivity contribution is 7.96. The molecule has 1 heterocycles. The second-order valence-electron chi connectivity index (χ2n) is 1.84. The lowest BCUT2D eigenvalue weighted by Gasteiger charge is -2.11. The first-order chi connectivity index (χ1) is 4.73. The molecule has 0 aromatic heterocycles. The van der Waals surface area contributed by atoms with Crippen LogP contribution in [0.4, 0.5) is 4.79 Å². The van der Waals surface area contributed by atoms with E-state index in [1.165, 1.54) is 0 Å². The second-order valence-corrected chi connectivity index (χ2v) is 2.28. The molecule has 0 aromatic carbocycles. The number of primary amides is 1. The summed E-state index contributed by atoms with van der Waals surface area (Å²) >= 11 is 3.10. The van der Waals surface area contributed by atoms with Gasteiger partial charge in [-0.2, -0.15) is 0 Å². The zero-order valence-corrected chi connectivity index (χ0v) is 6.66. The van der Waals surface area contributed by atoms with Gasteiger partial charge in [-0.15, -0.1) is 0 Å². The molecule has 60 valence electrons. The maximum absolute atomic E-state index is 9.09. The van der Waals surface area contributed by atoms with Crippen molar-refractivity contribution in [1.29, 1.82) is 0 Å². The van der Waals surface area contributed by atoms with E-state index in [1.807, 2.05) is 0 Å². The van der Waals surface area contributed by atoms with E-state index < -0.39 is 5.24 Å². The number of carbonyl (C=O) groups is 1. The van der Waals surface area contributed by atoms with Crippen LogP contribution in [0.1, 0.15) is 0 Å². The van der Waals surface area contributed by atoms with Crippen LogP contribution in [0.25, 0.3) is 0 Å². The Morgan fingerprint density at radius 1 is 1.20 bits per heavy atom. The van der Waals surface area contributed by atoms with Gasteiger partial charge >= 0.3 is 0 Å². The maximum Gasteiger partial charge on any atom is 0.273 e. The average Bonchev–Trinajstić information content (AvgIpc) is 1.90. The summed E-state index contributed by atoms with van der Waals surface area (Å²) in [6, 6.07) is 0. The summed E-state index contributed by atoms with van der Waals surface area (Å²) in [4.78, 5) is 9.09. The minimum Gasteiger partial charge on any atom is -0.361 e. The number of rotatable bonds is 0. The van der Waals surface area contributed by atoms with Crippen LogP contribution in [0.3, 0.4) is 0 Å². The molecule has 1 aliphatic heterocycles. The van der Waals surface area contributed by atoms with Gasteiger partial charge in [0.15, 0.2) is 0 Å². The van der Waals surface area contributed by atoms with E-state index >= 15 is 0 Å². The van der Waals surface area contributed by atoms with Gasteiger partial charge in [0, 0.05) is 26.2 Å². The molecule has 1 saturated heterocycles. The van der Waals surface area contributed by atoms with Gasteiger partial charge in [-0.05, 0) is 0 Å². The van der Waals surface area contributed by atoms with E-state index in [9.17, 15) is 0 Å². The molecular weight excluding hydrogens is 150 g/mol. The highest BCUT2D eigenvalue weighted by Gasteiger charge is 1.91. The molecule has 10 heavy (non-hydrogen) atoms. The fourth-order valence-corrected chi connectivity index (χ4v) is 0.604. The van der Waals surface area contributed by atoms with Crippen molar-refractivity contribution in [2.24, 2.45) is 5.73 Å². The zero-order chi connectivity index (χ0) is 7.82. The summed E-state index contributed by atoms with van der Waals surface area (Å²) < 4.78 is 0. The molecule has 0 atom stereocenters. The van der Waals surface area contributed by atoms with E-state index in [0.29, 0.717) is 0 Å². The third-order valence-corrected chi connectivity index (χ3v) is 0.957. The summed E-state index contributed by atoms with van der Waals surface area (Å²) in [6.45, 7) is 4.56. The Balaban J connectivity index is 0.000000180. The number of hydrogen-bond acceptors (Lipinski definition) is 3. The van der Waals surface area contributed by atoms with Crippen LogP contribution >= 0.6 is 12.6 Å². The molecular formula is C5H13N3OS. The zero-order valence-electron chi connectivity index (χ0n) is 5.76. The van der Waals surface area contributed by atoms with Gasteiger partial charge in [0.2, 0.25) is 0 Å². The van der Waals surface area contributed by atoms with Crippen LogP contribution in [-0.4, -0.2) is 31.4 Å². The molecule has 0 bridgehead atoms. The predicted octanol–water partition coefficient (Wildman–Crippen LogP) is -0.826. The largest absolute Gasteiger partial charge is 0.361 e. The number of carbonyl (C=O) groups excluding carboxylic acids is 1. The number of thiol groups is 1. The minimum atomic E-state index is -0.639. The number of hydrogen-bond donors (Lipinski definition) is 4. The standard InChI is InChI=1S/C4H10N2.CH3NOS/c1-2-6-4-3-5-1;2-1(3)4/h5-6H,1-4H2;(H3,2,3,4). The molecule has 4 nitrogen and oxygen atoms in total. The quantitative estimate of drug-likeness (QED) is 0.353. The Bertz CT molecular complexity index is 79.4. The van der Waals surface area contributed by atoms with Gasteiger partial charge in [-0.25, -0.2) is 0 Å².